The quantitative estimate of drug-likeness (QED) is 0.691. The summed E-state index contributed by atoms with van der Waals surface area (Å²) in [6, 6.07) is 12.2. The fourth-order valence-corrected chi connectivity index (χ4v) is 4.42. The molecule has 0 spiro atoms. The second-order valence-electron chi connectivity index (χ2n) is 6.07. The van der Waals surface area contributed by atoms with Crippen molar-refractivity contribution in [2.45, 2.75) is 18.4 Å². The predicted octanol–water partition coefficient (Wildman–Crippen LogP) is 5.83. The second-order valence-corrected chi connectivity index (χ2v) is 6.91. The Balaban J connectivity index is 1.85. The van der Waals surface area contributed by atoms with Crippen molar-refractivity contribution in [3.8, 4) is 5.75 Å². The Morgan fingerprint density at radius 3 is 2.78 bits per heavy atom. The Morgan fingerprint density at radius 2 is 1.96 bits per heavy atom. The minimum absolute atomic E-state index is 0.164. The summed E-state index contributed by atoms with van der Waals surface area (Å²) >= 11 is 12.7. The number of hydrogen-bond donors (Lipinski definition) is 1. The van der Waals surface area contributed by atoms with Crippen molar-refractivity contribution < 1.29 is 4.74 Å². The summed E-state index contributed by atoms with van der Waals surface area (Å²) in [6.45, 7) is 0. The lowest BCUT2D eigenvalue weighted by molar-refractivity contribution is 0.381. The fraction of sp³-hybridized carbons (Fsp3) is 0.263. The molecule has 4 heteroatoms. The standard InChI is InChI=1S/C19H17Cl2NO/c1-23-17-8-3-2-5-14(17)18-13-7-4-6-12(13)15-9-11(20)10-16(21)19(15)22-18/h2-6,8-10,12-13,18,22H,7H2,1H3/t12-,13-,18-/m1/s1. The van der Waals surface area contributed by atoms with Crippen LogP contribution in [0.4, 0.5) is 5.69 Å². The third kappa shape index (κ3) is 2.41. The van der Waals surface area contributed by atoms with Gasteiger partial charge in [-0.15, -0.1) is 0 Å². The minimum Gasteiger partial charge on any atom is -0.496 e. The molecule has 1 aliphatic carbocycles. The van der Waals surface area contributed by atoms with Crippen LogP contribution in [0.5, 0.6) is 5.75 Å². The number of anilines is 1. The fourth-order valence-electron chi connectivity index (χ4n) is 3.85. The van der Waals surface area contributed by atoms with Crippen LogP contribution >= 0.6 is 23.2 Å². The van der Waals surface area contributed by atoms with E-state index in [4.69, 9.17) is 27.9 Å². The molecule has 2 aromatic rings. The molecule has 1 heterocycles. The van der Waals surface area contributed by atoms with Gasteiger partial charge in [0.15, 0.2) is 0 Å². The first-order valence-electron chi connectivity index (χ1n) is 7.74. The van der Waals surface area contributed by atoms with Crippen LogP contribution in [-0.2, 0) is 0 Å². The molecule has 0 unspecified atom stereocenters. The third-order valence-electron chi connectivity index (χ3n) is 4.86. The Kier molecular flexibility index (Phi) is 3.74. The van der Waals surface area contributed by atoms with Gasteiger partial charge < -0.3 is 10.1 Å². The van der Waals surface area contributed by atoms with Crippen LogP contribution in [0, 0.1) is 5.92 Å². The van der Waals surface area contributed by atoms with Crippen molar-refractivity contribution in [1.29, 1.82) is 0 Å². The molecule has 3 atom stereocenters. The van der Waals surface area contributed by atoms with E-state index in [-0.39, 0.29) is 6.04 Å². The van der Waals surface area contributed by atoms with E-state index in [1.54, 1.807) is 13.2 Å². The molecule has 0 bridgehead atoms. The number of nitrogens with one attached hydrogen (secondary N) is 1. The maximum absolute atomic E-state index is 6.46. The highest BCUT2D eigenvalue weighted by Gasteiger charge is 2.39. The summed E-state index contributed by atoms with van der Waals surface area (Å²) in [6.07, 6.45) is 5.56. The number of fused-ring (bicyclic) bond motifs is 3. The molecule has 2 aliphatic rings. The Labute approximate surface area is 146 Å². The van der Waals surface area contributed by atoms with Crippen LogP contribution in [0.25, 0.3) is 0 Å². The van der Waals surface area contributed by atoms with E-state index in [1.165, 1.54) is 11.1 Å². The van der Waals surface area contributed by atoms with E-state index >= 15 is 0 Å². The van der Waals surface area contributed by atoms with Crippen LogP contribution < -0.4 is 10.1 Å². The van der Waals surface area contributed by atoms with Crippen LogP contribution in [-0.4, -0.2) is 7.11 Å². The molecule has 2 aromatic carbocycles. The number of rotatable bonds is 2. The van der Waals surface area contributed by atoms with E-state index in [0.29, 0.717) is 21.9 Å². The number of hydrogen-bond acceptors (Lipinski definition) is 2. The monoisotopic (exact) mass is 345 g/mol. The minimum atomic E-state index is 0.164. The first-order valence-corrected chi connectivity index (χ1v) is 8.49. The smallest absolute Gasteiger partial charge is 0.124 e. The van der Waals surface area contributed by atoms with Crippen molar-refractivity contribution in [2.75, 3.05) is 12.4 Å². The van der Waals surface area contributed by atoms with Gasteiger partial charge in [-0.2, -0.15) is 0 Å². The maximum Gasteiger partial charge on any atom is 0.124 e. The Morgan fingerprint density at radius 1 is 1.13 bits per heavy atom. The van der Waals surface area contributed by atoms with Gasteiger partial charge in [-0.3, -0.25) is 0 Å². The summed E-state index contributed by atoms with van der Waals surface area (Å²) in [4.78, 5) is 0. The lowest BCUT2D eigenvalue weighted by Crippen LogP contribution is -2.29. The summed E-state index contributed by atoms with van der Waals surface area (Å²) in [7, 11) is 1.72. The van der Waals surface area contributed by atoms with Gasteiger partial charge in [0.1, 0.15) is 5.75 Å². The molecule has 2 nitrogen and oxygen atoms in total. The number of halogens is 2. The molecule has 0 radical (unpaired) electrons. The van der Waals surface area contributed by atoms with Crippen LogP contribution in [0.15, 0.2) is 48.6 Å². The Hall–Kier alpha value is -1.64. The van der Waals surface area contributed by atoms with Crippen LogP contribution in [0.2, 0.25) is 10.0 Å². The van der Waals surface area contributed by atoms with Gasteiger partial charge in [0.2, 0.25) is 0 Å². The largest absolute Gasteiger partial charge is 0.496 e. The average molecular weight is 346 g/mol. The molecule has 0 fully saturated rings. The first kappa shape index (κ1) is 14.9. The number of benzene rings is 2. The zero-order valence-electron chi connectivity index (χ0n) is 12.7. The van der Waals surface area contributed by atoms with Crippen molar-refractivity contribution in [3.63, 3.8) is 0 Å². The van der Waals surface area contributed by atoms with Crippen molar-refractivity contribution in [2.24, 2.45) is 5.92 Å². The third-order valence-corrected chi connectivity index (χ3v) is 5.38. The van der Waals surface area contributed by atoms with Gasteiger partial charge in [0.25, 0.3) is 0 Å². The lowest BCUT2D eigenvalue weighted by atomic mass is 9.77. The zero-order chi connectivity index (χ0) is 16.0. The van der Waals surface area contributed by atoms with Crippen molar-refractivity contribution in [3.05, 3.63) is 69.7 Å². The summed E-state index contributed by atoms with van der Waals surface area (Å²) in [5, 5.41) is 5.00. The molecule has 4 rings (SSSR count). The van der Waals surface area contributed by atoms with Gasteiger partial charge in [-0.25, -0.2) is 0 Å². The molecular weight excluding hydrogens is 329 g/mol. The van der Waals surface area contributed by atoms with E-state index in [2.05, 4.69) is 29.6 Å². The Bertz CT molecular complexity index is 787. The van der Waals surface area contributed by atoms with E-state index < -0.39 is 0 Å². The summed E-state index contributed by atoms with van der Waals surface area (Å²) in [5.41, 5.74) is 3.34. The number of allylic oxidation sites excluding steroid dienone is 2. The molecule has 0 saturated heterocycles. The van der Waals surface area contributed by atoms with Gasteiger partial charge in [0, 0.05) is 16.5 Å². The molecule has 118 valence electrons. The molecule has 23 heavy (non-hydrogen) atoms. The number of methoxy groups -OCH3 is 1. The highest BCUT2D eigenvalue weighted by atomic mass is 35.5. The van der Waals surface area contributed by atoms with Gasteiger partial charge in [0.05, 0.1) is 23.9 Å². The normalized spacial score (nSPS) is 24.7. The predicted molar refractivity (Wildman–Crippen MR) is 95.8 cm³/mol. The number of ether oxygens (including phenoxy) is 1. The SMILES string of the molecule is COc1ccccc1[C@@H]1Nc2c(Cl)cc(Cl)cc2[C@@H]2C=CC[C@H]21. The zero-order valence-corrected chi connectivity index (χ0v) is 14.2. The van der Waals surface area contributed by atoms with Gasteiger partial charge in [-0.05, 0) is 36.1 Å². The molecule has 0 aromatic heterocycles. The molecule has 1 aliphatic heterocycles. The summed E-state index contributed by atoms with van der Waals surface area (Å²) < 4.78 is 5.57. The maximum atomic E-state index is 6.46. The second kappa shape index (κ2) is 5.77. The molecule has 1 N–H and O–H groups in total. The first-order chi connectivity index (χ1) is 11.2. The molecule has 0 saturated carbocycles. The van der Waals surface area contributed by atoms with Crippen molar-refractivity contribution >= 4 is 28.9 Å². The topological polar surface area (TPSA) is 21.3 Å². The summed E-state index contributed by atoms with van der Waals surface area (Å²) in [5.74, 6) is 1.68. The van der Waals surface area contributed by atoms with Crippen LogP contribution in [0.1, 0.15) is 29.5 Å². The van der Waals surface area contributed by atoms with Gasteiger partial charge >= 0.3 is 0 Å². The highest BCUT2D eigenvalue weighted by Crippen LogP contribution is 2.53. The highest BCUT2D eigenvalue weighted by molar-refractivity contribution is 6.36. The van der Waals surface area contributed by atoms with E-state index in [1.807, 2.05) is 18.2 Å². The average Bonchev–Trinajstić information content (AvgIpc) is 3.04. The van der Waals surface area contributed by atoms with E-state index in [9.17, 15) is 0 Å². The van der Waals surface area contributed by atoms with Crippen LogP contribution in [0.3, 0.4) is 0 Å². The van der Waals surface area contributed by atoms with Crippen molar-refractivity contribution in [1.82, 2.24) is 0 Å². The molecule has 0 amide bonds. The lowest BCUT2D eigenvalue weighted by Gasteiger charge is -2.38. The van der Waals surface area contributed by atoms with E-state index in [0.717, 1.165) is 17.9 Å². The van der Waals surface area contributed by atoms with Gasteiger partial charge in [-0.1, -0.05) is 53.6 Å². The molecular formula is C19H17Cl2NO. The number of para-hydroxylation sites is 1.